The van der Waals surface area contributed by atoms with Gasteiger partial charge in [0, 0.05) is 38.1 Å². The van der Waals surface area contributed by atoms with Gasteiger partial charge in [0.15, 0.2) is 5.96 Å². The van der Waals surface area contributed by atoms with Gasteiger partial charge in [-0.1, -0.05) is 0 Å². The van der Waals surface area contributed by atoms with Crippen LogP contribution in [-0.4, -0.2) is 60.9 Å². The van der Waals surface area contributed by atoms with Crippen molar-refractivity contribution >= 4 is 41.8 Å². The maximum atomic E-state index is 11.9. The first-order valence-corrected chi connectivity index (χ1v) is 8.34. The summed E-state index contributed by atoms with van der Waals surface area (Å²) >= 11 is 0. The summed E-state index contributed by atoms with van der Waals surface area (Å²) in [5.41, 5.74) is -0.269. The Morgan fingerprint density at radius 3 is 2.08 bits per heavy atom. The highest BCUT2D eigenvalue weighted by Gasteiger charge is 2.13. The summed E-state index contributed by atoms with van der Waals surface area (Å²) in [7, 11) is 0. The van der Waals surface area contributed by atoms with E-state index in [2.05, 4.69) is 20.9 Å². The van der Waals surface area contributed by atoms with Crippen LogP contribution in [0.5, 0.6) is 0 Å². The second-order valence-electron chi connectivity index (χ2n) is 6.24. The molecule has 2 amide bonds. The van der Waals surface area contributed by atoms with E-state index in [1.807, 2.05) is 41.5 Å². The Labute approximate surface area is 163 Å². The van der Waals surface area contributed by atoms with Crippen LogP contribution >= 0.6 is 24.0 Å². The van der Waals surface area contributed by atoms with Gasteiger partial charge in [0.25, 0.3) is 0 Å². The SMILES string of the molecule is CCNC(=NCC(=O)NC(C)(C)C)NCCC(=O)N(CC)CC.I. The van der Waals surface area contributed by atoms with Gasteiger partial charge in [0.1, 0.15) is 6.54 Å². The Morgan fingerprint density at radius 2 is 1.62 bits per heavy atom. The van der Waals surface area contributed by atoms with Gasteiger partial charge in [-0.25, -0.2) is 4.99 Å². The van der Waals surface area contributed by atoms with Gasteiger partial charge >= 0.3 is 0 Å². The summed E-state index contributed by atoms with van der Waals surface area (Å²) < 4.78 is 0. The molecule has 0 aliphatic heterocycles. The molecule has 0 heterocycles. The summed E-state index contributed by atoms with van der Waals surface area (Å²) in [4.78, 5) is 29.7. The van der Waals surface area contributed by atoms with Crippen LogP contribution in [0.2, 0.25) is 0 Å². The monoisotopic (exact) mass is 455 g/mol. The zero-order chi connectivity index (χ0) is 17.9. The fraction of sp³-hybridized carbons (Fsp3) is 0.812. The normalized spacial score (nSPS) is 11.3. The van der Waals surface area contributed by atoms with Crippen LogP contribution in [0.25, 0.3) is 0 Å². The molecule has 0 saturated carbocycles. The van der Waals surface area contributed by atoms with Crippen molar-refractivity contribution in [2.24, 2.45) is 4.99 Å². The van der Waals surface area contributed by atoms with E-state index in [1.54, 1.807) is 4.90 Å². The Kier molecular flexibility index (Phi) is 13.9. The van der Waals surface area contributed by atoms with Crippen molar-refractivity contribution < 1.29 is 9.59 Å². The molecule has 0 rings (SSSR count). The second-order valence-corrected chi connectivity index (χ2v) is 6.24. The summed E-state index contributed by atoms with van der Waals surface area (Å²) in [6, 6.07) is 0. The minimum atomic E-state index is -0.269. The van der Waals surface area contributed by atoms with E-state index < -0.39 is 0 Å². The van der Waals surface area contributed by atoms with Crippen LogP contribution in [0.1, 0.15) is 48.0 Å². The van der Waals surface area contributed by atoms with Crippen molar-refractivity contribution in [1.82, 2.24) is 20.9 Å². The van der Waals surface area contributed by atoms with Gasteiger partial charge in [-0.05, 0) is 41.5 Å². The standard InChI is InChI=1S/C16H33N5O2.HI/c1-7-17-15(19-12-13(22)20-16(4,5)6)18-11-10-14(23)21(8-2)9-3;/h7-12H2,1-6H3,(H,20,22)(H2,17,18,19);1H. The molecular weight excluding hydrogens is 421 g/mol. The van der Waals surface area contributed by atoms with Gasteiger partial charge in [0.2, 0.25) is 11.8 Å². The molecular formula is C16H34IN5O2. The first-order valence-electron chi connectivity index (χ1n) is 8.34. The molecule has 0 fully saturated rings. The van der Waals surface area contributed by atoms with E-state index >= 15 is 0 Å². The molecule has 0 aliphatic rings. The van der Waals surface area contributed by atoms with Crippen LogP contribution in [0, 0.1) is 0 Å². The molecule has 8 heteroatoms. The third-order valence-electron chi connectivity index (χ3n) is 2.99. The first-order chi connectivity index (χ1) is 10.7. The third-order valence-corrected chi connectivity index (χ3v) is 2.99. The molecule has 0 atom stereocenters. The number of amides is 2. The zero-order valence-electron chi connectivity index (χ0n) is 15.9. The number of carbonyl (C=O) groups is 2. The summed E-state index contributed by atoms with van der Waals surface area (Å²) in [5.74, 6) is 0.529. The lowest BCUT2D eigenvalue weighted by molar-refractivity contribution is -0.130. The molecule has 0 saturated heterocycles. The van der Waals surface area contributed by atoms with Crippen molar-refractivity contribution in [2.75, 3.05) is 32.7 Å². The molecule has 0 aromatic rings. The fourth-order valence-electron chi connectivity index (χ4n) is 1.97. The zero-order valence-corrected chi connectivity index (χ0v) is 18.2. The van der Waals surface area contributed by atoms with Crippen LogP contribution in [0.4, 0.5) is 0 Å². The largest absolute Gasteiger partial charge is 0.357 e. The first kappa shape index (κ1) is 25.2. The highest BCUT2D eigenvalue weighted by Crippen LogP contribution is 1.97. The number of nitrogens with zero attached hydrogens (tertiary/aromatic N) is 2. The number of halogens is 1. The van der Waals surface area contributed by atoms with E-state index in [1.165, 1.54) is 0 Å². The van der Waals surface area contributed by atoms with Crippen molar-refractivity contribution in [2.45, 2.75) is 53.5 Å². The maximum absolute atomic E-state index is 11.9. The second kappa shape index (κ2) is 13.3. The summed E-state index contributed by atoms with van der Waals surface area (Å²) in [6.45, 7) is 14.3. The molecule has 0 radical (unpaired) electrons. The smallest absolute Gasteiger partial charge is 0.242 e. The quantitative estimate of drug-likeness (QED) is 0.293. The highest BCUT2D eigenvalue weighted by molar-refractivity contribution is 14.0. The van der Waals surface area contributed by atoms with Gasteiger partial charge in [-0.15, -0.1) is 24.0 Å². The number of hydrogen-bond acceptors (Lipinski definition) is 3. The van der Waals surface area contributed by atoms with Crippen LogP contribution in [-0.2, 0) is 9.59 Å². The Hall–Kier alpha value is -1.06. The molecule has 0 aliphatic carbocycles. The van der Waals surface area contributed by atoms with E-state index in [-0.39, 0.29) is 47.9 Å². The van der Waals surface area contributed by atoms with Crippen molar-refractivity contribution in [1.29, 1.82) is 0 Å². The molecule has 0 aromatic heterocycles. The summed E-state index contributed by atoms with van der Waals surface area (Å²) in [6.07, 6.45) is 0.403. The number of guanidine groups is 1. The van der Waals surface area contributed by atoms with E-state index in [4.69, 9.17) is 0 Å². The Bertz CT molecular complexity index is 404. The number of rotatable bonds is 8. The Balaban J connectivity index is 0. The fourth-order valence-corrected chi connectivity index (χ4v) is 1.97. The predicted octanol–water partition coefficient (Wildman–Crippen LogP) is 1.33. The number of aliphatic imine (C=N–C) groups is 1. The minimum absolute atomic E-state index is 0. The topological polar surface area (TPSA) is 85.8 Å². The average Bonchev–Trinajstić information content (AvgIpc) is 2.44. The van der Waals surface area contributed by atoms with Gasteiger partial charge in [-0.3, -0.25) is 9.59 Å². The molecule has 0 spiro atoms. The molecule has 142 valence electrons. The predicted molar refractivity (Wildman–Crippen MR) is 110 cm³/mol. The lowest BCUT2D eigenvalue weighted by atomic mass is 10.1. The van der Waals surface area contributed by atoms with Gasteiger partial charge in [0.05, 0.1) is 0 Å². The maximum Gasteiger partial charge on any atom is 0.242 e. The number of hydrogen-bond donors (Lipinski definition) is 3. The molecule has 0 bridgehead atoms. The molecule has 7 nitrogen and oxygen atoms in total. The highest BCUT2D eigenvalue weighted by atomic mass is 127. The van der Waals surface area contributed by atoms with Crippen LogP contribution < -0.4 is 16.0 Å². The van der Waals surface area contributed by atoms with Gasteiger partial charge in [-0.2, -0.15) is 0 Å². The van der Waals surface area contributed by atoms with Crippen molar-refractivity contribution in [3.05, 3.63) is 0 Å². The minimum Gasteiger partial charge on any atom is -0.357 e. The molecule has 0 unspecified atom stereocenters. The lowest BCUT2D eigenvalue weighted by Gasteiger charge is -2.20. The van der Waals surface area contributed by atoms with E-state index in [0.29, 0.717) is 25.5 Å². The number of nitrogens with one attached hydrogen (secondary N) is 3. The molecule has 3 N–H and O–H groups in total. The number of carbonyl (C=O) groups excluding carboxylic acids is 2. The average molecular weight is 455 g/mol. The van der Waals surface area contributed by atoms with Crippen LogP contribution in [0.15, 0.2) is 4.99 Å². The van der Waals surface area contributed by atoms with Crippen LogP contribution in [0.3, 0.4) is 0 Å². The molecule has 0 aromatic carbocycles. The van der Waals surface area contributed by atoms with E-state index in [9.17, 15) is 9.59 Å². The van der Waals surface area contributed by atoms with Crippen molar-refractivity contribution in [3.63, 3.8) is 0 Å². The van der Waals surface area contributed by atoms with Gasteiger partial charge < -0.3 is 20.9 Å². The third kappa shape index (κ3) is 12.4. The lowest BCUT2D eigenvalue weighted by Crippen LogP contribution is -2.43. The van der Waals surface area contributed by atoms with Crippen molar-refractivity contribution in [3.8, 4) is 0 Å². The Morgan fingerprint density at radius 1 is 1.04 bits per heavy atom. The summed E-state index contributed by atoms with van der Waals surface area (Å²) in [5, 5.41) is 9.01. The molecule has 24 heavy (non-hydrogen) atoms. The van der Waals surface area contributed by atoms with E-state index in [0.717, 1.165) is 13.1 Å².